The first-order chi connectivity index (χ1) is 6.24. The Morgan fingerprint density at radius 1 is 1.31 bits per heavy atom. The summed E-state index contributed by atoms with van der Waals surface area (Å²) in [6.45, 7) is 6.41. The zero-order valence-electron chi connectivity index (χ0n) is 8.63. The minimum absolute atomic E-state index is 0.490. The van der Waals surface area contributed by atoms with Crippen molar-refractivity contribution in [2.45, 2.75) is 46.0 Å². The van der Waals surface area contributed by atoms with E-state index in [1.54, 1.807) is 0 Å². The summed E-state index contributed by atoms with van der Waals surface area (Å²) in [5.74, 6) is 0.986. The molecule has 0 aromatic carbocycles. The van der Waals surface area contributed by atoms with Gasteiger partial charge in [0.2, 0.25) is 5.88 Å². The Labute approximate surface area is 79.3 Å². The molecule has 0 spiro atoms. The quantitative estimate of drug-likeness (QED) is 0.778. The van der Waals surface area contributed by atoms with Gasteiger partial charge in [0.1, 0.15) is 0 Å². The second-order valence-corrected chi connectivity index (χ2v) is 3.28. The van der Waals surface area contributed by atoms with Crippen LogP contribution in [-0.4, -0.2) is 5.16 Å². The van der Waals surface area contributed by atoms with E-state index in [2.05, 4.69) is 25.9 Å². The predicted octanol–water partition coefficient (Wildman–Crippen LogP) is 2.72. The highest BCUT2D eigenvalue weighted by atomic mass is 16.5. The van der Waals surface area contributed by atoms with Gasteiger partial charge in [-0.25, -0.2) is 0 Å². The summed E-state index contributed by atoms with van der Waals surface area (Å²) < 4.78 is 5.00. The molecule has 0 amide bonds. The summed E-state index contributed by atoms with van der Waals surface area (Å²) in [4.78, 5) is 0. The zero-order valence-corrected chi connectivity index (χ0v) is 8.63. The molecule has 0 saturated carbocycles. The molecule has 0 atom stereocenters. The third-order valence-corrected chi connectivity index (χ3v) is 2.57. The third-order valence-electron chi connectivity index (χ3n) is 2.57. The van der Waals surface area contributed by atoms with Crippen LogP contribution in [0.2, 0.25) is 0 Å². The zero-order chi connectivity index (χ0) is 9.84. The van der Waals surface area contributed by atoms with Crippen molar-refractivity contribution in [3.05, 3.63) is 11.3 Å². The van der Waals surface area contributed by atoms with Crippen LogP contribution < -0.4 is 5.73 Å². The number of hydrogen-bond donors (Lipinski definition) is 1. The van der Waals surface area contributed by atoms with E-state index in [0.29, 0.717) is 11.8 Å². The van der Waals surface area contributed by atoms with Crippen LogP contribution >= 0.6 is 0 Å². The first-order valence-corrected chi connectivity index (χ1v) is 4.98. The lowest BCUT2D eigenvalue weighted by molar-refractivity contribution is 0.416. The van der Waals surface area contributed by atoms with Gasteiger partial charge in [-0.1, -0.05) is 25.9 Å². The summed E-state index contributed by atoms with van der Waals surface area (Å²) in [6, 6.07) is 0. The molecular formula is C10H18N2O. The number of nitrogen functional groups attached to an aromatic ring is 1. The van der Waals surface area contributed by atoms with E-state index in [1.165, 1.54) is 0 Å². The van der Waals surface area contributed by atoms with E-state index in [9.17, 15) is 0 Å². The van der Waals surface area contributed by atoms with Gasteiger partial charge in [0.15, 0.2) is 0 Å². The van der Waals surface area contributed by atoms with Crippen molar-refractivity contribution in [2.75, 3.05) is 5.73 Å². The van der Waals surface area contributed by atoms with Crippen LogP contribution in [0.25, 0.3) is 0 Å². The molecule has 3 nitrogen and oxygen atoms in total. The molecule has 13 heavy (non-hydrogen) atoms. The maximum atomic E-state index is 5.67. The van der Waals surface area contributed by atoms with Gasteiger partial charge in [0, 0.05) is 11.5 Å². The maximum Gasteiger partial charge on any atom is 0.225 e. The average molecular weight is 182 g/mol. The maximum absolute atomic E-state index is 5.67. The lowest BCUT2D eigenvalue weighted by atomic mass is 9.95. The van der Waals surface area contributed by atoms with E-state index in [-0.39, 0.29) is 0 Å². The van der Waals surface area contributed by atoms with Crippen molar-refractivity contribution < 1.29 is 4.52 Å². The molecule has 1 aromatic rings. The van der Waals surface area contributed by atoms with Crippen molar-refractivity contribution in [2.24, 2.45) is 0 Å². The Morgan fingerprint density at radius 3 is 2.38 bits per heavy atom. The van der Waals surface area contributed by atoms with Gasteiger partial charge in [0.05, 0.1) is 5.69 Å². The van der Waals surface area contributed by atoms with Crippen LogP contribution in [-0.2, 0) is 6.42 Å². The summed E-state index contributed by atoms with van der Waals surface area (Å²) in [6.07, 6.45) is 3.09. The van der Waals surface area contributed by atoms with Crippen LogP contribution in [0.4, 0.5) is 5.88 Å². The SMILES string of the molecule is CCc1c(C(CC)CC)noc1N. The summed E-state index contributed by atoms with van der Waals surface area (Å²) in [7, 11) is 0. The Balaban J connectivity index is 2.98. The van der Waals surface area contributed by atoms with E-state index in [0.717, 1.165) is 30.5 Å². The van der Waals surface area contributed by atoms with Crippen LogP contribution in [0.5, 0.6) is 0 Å². The van der Waals surface area contributed by atoms with Crippen molar-refractivity contribution in [3.8, 4) is 0 Å². The van der Waals surface area contributed by atoms with Crippen LogP contribution in [0.3, 0.4) is 0 Å². The number of anilines is 1. The molecule has 2 N–H and O–H groups in total. The molecule has 0 aliphatic rings. The van der Waals surface area contributed by atoms with Gasteiger partial charge >= 0.3 is 0 Å². The molecule has 1 rings (SSSR count). The Hall–Kier alpha value is -0.990. The highest BCUT2D eigenvalue weighted by Gasteiger charge is 2.18. The molecule has 0 aliphatic carbocycles. The molecule has 1 aromatic heterocycles. The van der Waals surface area contributed by atoms with Gasteiger partial charge in [-0.15, -0.1) is 0 Å². The molecule has 1 heterocycles. The molecule has 0 aliphatic heterocycles. The van der Waals surface area contributed by atoms with Crippen LogP contribution in [0, 0.1) is 0 Å². The summed E-state index contributed by atoms with van der Waals surface area (Å²) >= 11 is 0. The molecule has 0 radical (unpaired) electrons. The van der Waals surface area contributed by atoms with Crippen LogP contribution in [0.15, 0.2) is 4.52 Å². The van der Waals surface area contributed by atoms with E-state index < -0.39 is 0 Å². The fourth-order valence-electron chi connectivity index (χ4n) is 1.69. The number of aromatic nitrogens is 1. The van der Waals surface area contributed by atoms with Gasteiger partial charge in [-0.3, -0.25) is 0 Å². The van der Waals surface area contributed by atoms with Gasteiger partial charge < -0.3 is 10.3 Å². The van der Waals surface area contributed by atoms with Crippen molar-refractivity contribution in [1.29, 1.82) is 0 Å². The second kappa shape index (κ2) is 4.30. The topological polar surface area (TPSA) is 52.0 Å². The van der Waals surface area contributed by atoms with Gasteiger partial charge in [-0.05, 0) is 19.3 Å². The fourth-order valence-corrected chi connectivity index (χ4v) is 1.69. The van der Waals surface area contributed by atoms with Crippen molar-refractivity contribution >= 4 is 5.88 Å². The molecule has 74 valence electrons. The first kappa shape index (κ1) is 10.1. The predicted molar refractivity (Wildman–Crippen MR) is 53.6 cm³/mol. The molecule has 0 unspecified atom stereocenters. The highest BCUT2D eigenvalue weighted by Crippen LogP contribution is 2.28. The number of rotatable bonds is 4. The van der Waals surface area contributed by atoms with Crippen LogP contribution in [0.1, 0.15) is 50.8 Å². The van der Waals surface area contributed by atoms with E-state index >= 15 is 0 Å². The molecule has 0 fully saturated rings. The normalized spacial score (nSPS) is 11.1. The lowest BCUT2D eigenvalue weighted by Crippen LogP contribution is -2.00. The van der Waals surface area contributed by atoms with E-state index in [4.69, 9.17) is 10.3 Å². The number of nitrogens with two attached hydrogens (primary N) is 1. The smallest absolute Gasteiger partial charge is 0.225 e. The van der Waals surface area contributed by atoms with Crippen molar-refractivity contribution in [3.63, 3.8) is 0 Å². The van der Waals surface area contributed by atoms with Gasteiger partial charge in [0.25, 0.3) is 0 Å². The number of nitrogens with zero attached hydrogens (tertiary/aromatic N) is 1. The number of hydrogen-bond acceptors (Lipinski definition) is 3. The summed E-state index contributed by atoms with van der Waals surface area (Å²) in [5, 5.41) is 4.03. The van der Waals surface area contributed by atoms with E-state index in [1.807, 2.05) is 0 Å². The Bertz CT molecular complexity index is 264. The molecule has 0 saturated heterocycles. The third kappa shape index (κ3) is 1.85. The average Bonchev–Trinajstić information content (AvgIpc) is 2.50. The minimum Gasteiger partial charge on any atom is -0.367 e. The summed E-state index contributed by atoms with van der Waals surface area (Å²) in [5.41, 5.74) is 7.82. The Kier molecular flexibility index (Phi) is 3.34. The van der Waals surface area contributed by atoms with Gasteiger partial charge in [-0.2, -0.15) is 0 Å². The Morgan fingerprint density at radius 2 is 1.92 bits per heavy atom. The molecule has 0 bridgehead atoms. The van der Waals surface area contributed by atoms with Crippen molar-refractivity contribution in [1.82, 2.24) is 5.16 Å². The molecular weight excluding hydrogens is 164 g/mol. The molecule has 3 heteroatoms. The largest absolute Gasteiger partial charge is 0.367 e. The lowest BCUT2D eigenvalue weighted by Gasteiger charge is -2.09. The second-order valence-electron chi connectivity index (χ2n) is 3.28. The monoisotopic (exact) mass is 182 g/mol. The first-order valence-electron chi connectivity index (χ1n) is 4.98. The highest BCUT2D eigenvalue weighted by molar-refractivity contribution is 5.40. The standard InChI is InChI=1S/C10H18N2O/c1-4-7(5-2)9-8(6-3)10(11)13-12-9/h7H,4-6,11H2,1-3H3. The fraction of sp³-hybridized carbons (Fsp3) is 0.700. The minimum atomic E-state index is 0.490.